The van der Waals surface area contributed by atoms with Crippen LogP contribution in [0.1, 0.15) is 27.0 Å². The van der Waals surface area contributed by atoms with Gasteiger partial charge >= 0.3 is 0 Å². The molecule has 3 aromatic rings. The van der Waals surface area contributed by atoms with E-state index in [9.17, 15) is 4.79 Å². The van der Waals surface area contributed by atoms with Crippen molar-refractivity contribution in [3.8, 4) is 17.2 Å². The molecule has 0 aliphatic heterocycles. The zero-order valence-electron chi connectivity index (χ0n) is 12.9. The normalized spacial score (nSPS) is 11.3. The first kappa shape index (κ1) is 14.2. The lowest BCUT2D eigenvalue weighted by atomic mass is 10.1. The van der Waals surface area contributed by atoms with Crippen molar-refractivity contribution < 1.29 is 4.79 Å². The van der Waals surface area contributed by atoms with E-state index >= 15 is 0 Å². The molecule has 0 atom stereocenters. The summed E-state index contributed by atoms with van der Waals surface area (Å²) < 4.78 is 0. The van der Waals surface area contributed by atoms with E-state index in [-0.39, 0.29) is 5.91 Å². The van der Waals surface area contributed by atoms with Crippen LogP contribution in [0.4, 0.5) is 5.69 Å². The van der Waals surface area contributed by atoms with Crippen LogP contribution < -0.4 is 5.32 Å². The molecule has 114 valence electrons. The Balaban J connectivity index is 1.57. The molecule has 0 saturated carbocycles. The van der Waals surface area contributed by atoms with E-state index in [4.69, 9.17) is 5.26 Å². The fraction of sp³-hybridized carbons (Fsp3) is 0.0476. The van der Waals surface area contributed by atoms with Crippen molar-refractivity contribution >= 4 is 11.6 Å². The fourth-order valence-electron chi connectivity index (χ4n) is 3.12. The van der Waals surface area contributed by atoms with E-state index in [1.165, 1.54) is 22.3 Å². The second-order valence-electron chi connectivity index (χ2n) is 5.85. The number of rotatable bonds is 2. The van der Waals surface area contributed by atoms with Gasteiger partial charge in [0.05, 0.1) is 11.6 Å². The third-order valence-corrected chi connectivity index (χ3v) is 4.33. The van der Waals surface area contributed by atoms with Crippen LogP contribution in [0, 0.1) is 11.3 Å². The summed E-state index contributed by atoms with van der Waals surface area (Å²) in [5, 5.41) is 11.7. The number of benzene rings is 3. The van der Waals surface area contributed by atoms with Crippen molar-refractivity contribution in [1.82, 2.24) is 0 Å². The van der Waals surface area contributed by atoms with Gasteiger partial charge in [-0.2, -0.15) is 5.26 Å². The third-order valence-electron chi connectivity index (χ3n) is 4.33. The van der Waals surface area contributed by atoms with Crippen LogP contribution in [0.25, 0.3) is 11.1 Å². The van der Waals surface area contributed by atoms with Gasteiger partial charge in [0.2, 0.25) is 0 Å². The number of nitrogens with zero attached hydrogens (tertiary/aromatic N) is 1. The minimum Gasteiger partial charge on any atom is -0.322 e. The number of nitrogens with one attached hydrogen (secondary N) is 1. The third kappa shape index (κ3) is 2.45. The Hall–Kier alpha value is -3.38. The molecule has 0 bridgehead atoms. The standard InChI is InChI=1S/C21H14N2O/c22-13-14-5-7-15(8-6-14)21(24)23-18-9-10-20-17(12-18)11-16-3-1-2-4-19(16)20/h1-10,12H,11H2,(H,23,24). The van der Waals surface area contributed by atoms with Gasteiger partial charge in [0.1, 0.15) is 0 Å². The van der Waals surface area contributed by atoms with Crippen LogP contribution in [-0.4, -0.2) is 5.91 Å². The van der Waals surface area contributed by atoms with Gasteiger partial charge in [0.25, 0.3) is 5.91 Å². The summed E-state index contributed by atoms with van der Waals surface area (Å²) in [5.74, 6) is -0.171. The highest BCUT2D eigenvalue weighted by Gasteiger charge is 2.18. The second kappa shape index (κ2) is 5.68. The summed E-state index contributed by atoms with van der Waals surface area (Å²) in [6.07, 6.45) is 0.895. The minimum absolute atomic E-state index is 0.171. The Morgan fingerprint density at radius 2 is 1.67 bits per heavy atom. The molecule has 3 aromatic carbocycles. The molecule has 4 rings (SSSR count). The largest absolute Gasteiger partial charge is 0.322 e. The Morgan fingerprint density at radius 3 is 2.46 bits per heavy atom. The molecule has 1 aliphatic carbocycles. The molecular formula is C21H14N2O. The molecule has 1 N–H and O–H groups in total. The van der Waals surface area contributed by atoms with Crippen LogP contribution >= 0.6 is 0 Å². The van der Waals surface area contributed by atoms with Gasteiger partial charge in [-0.1, -0.05) is 30.3 Å². The molecule has 0 unspecified atom stereocenters. The lowest BCUT2D eigenvalue weighted by Crippen LogP contribution is -2.11. The van der Waals surface area contributed by atoms with Gasteiger partial charge in [0.15, 0.2) is 0 Å². The van der Waals surface area contributed by atoms with Crippen molar-refractivity contribution in [1.29, 1.82) is 5.26 Å². The molecule has 0 spiro atoms. The molecule has 1 amide bonds. The average molecular weight is 310 g/mol. The predicted octanol–water partition coefficient (Wildman–Crippen LogP) is 4.38. The summed E-state index contributed by atoms with van der Waals surface area (Å²) in [6, 6.07) is 23.1. The van der Waals surface area contributed by atoms with Crippen molar-refractivity contribution in [2.75, 3.05) is 5.32 Å². The molecule has 3 heteroatoms. The smallest absolute Gasteiger partial charge is 0.255 e. The minimum atomic E-state index is -0.171. The average Bonchev–Trinajstić information content (AvgIpc) is 2.99. The summed E-state index contributed by atoms with van der Waals surface area (Å²) in [7, 11) is 0. The fourth-order valence-corrected chi connectivity index (χ4v) is 3.12. The number of hydrogen-bond donors (Lipinski definition) is 1. The van der Waals surface area contributed by atoms with E-state index < -0.39 is 0 Å². The highest BCUT2D eigenvalue weighted by atomic mass is 16.1. The Kier molecular flexibility index (Phi) is 3.36. The maximum absolute atomic E-state index is 12.3. The van der Waals surface area contributed by atoms with Crippen LogP contribution in [0.15, 0.2) is 66.7 Å². The van der Waals surface area contributed by atoms with E-state index in [1.807, 2.05) is 18.2 Å². The van der Waals surface area contributed by atoms with Crippen LogP contribution in [0.3, 0.4) is 0 Å². The number of fused-ring (bicyclic) bond motifs is 3. The summed E-state index contributed by atoms with van der Waals surface area (Å²) >= 11 is 0. The number of amides is 1. The number of nitriles is 1. The van der Waals surface area contributed by atoms with Crippen LogP contribution in [0.5, 0.6) is 0 Å². The number of hydrogen-bond acceptors (Lipinski definition) is 2. The van der Waals surface area contributed by atoms with Crippen molar-refractivity contribution in [3.05, 3.63) is 89.0 Å². The van der Waals surface area contributed by atoms with Crippen molar-refractivity contribution in [2.45, 2.75) is 6.42 Å². The second-order valence-corrected chi connectivity index (χ2v) is 5.85. The monoisotopic (exact) mass is 310 g/mol. The summed E-state index contributed by atoms with van der Waals surface area (Å²) in [4.78, 5) is 12.3. The van der Waals surface area contributed by atoms with Crippen molar-refractivity contribution in [3.63, 3.8) is 0 Å². The first-order chi connectivity index (χ1) is 11.7. The number of anilines is 1. The zero-order valence-corrected chi connectivity index (χ0v) is 12.9. The zero-order chi connectivity index (χ0) is 16.5. The molecule has 0 heterocycles. The first-order valence-corrected chi connectivity index (χ1v) is 7.77. The molecule has 3 nitrogen and oxygen atoms in total. The maximum Gasteiger partial charge on any atom is 0.255 e. The Morgan fingerprint density at radius 1 is 0.917 bits per heavy atom. The SMILES string of the molecule is N#Cc1ccc(C(=O)Nc2ccc3c(c2)Cc2ccccc2-3)cc1. The van der Waals surface area contributed by atoms with Gasteiger partial charge in [0, 0.05) is 11.3 Å². The Bertz CT molecular complexity index is 981. The first-order valence-electron chi connectivity index (χ1n) is 7.77. The molecule has 1 aliphatic rings. The van der Waals surface area contributed by atoms with Gasteiger partial charge in [-0.3, -0.25) is 4.79 Å². The molecule has 0 aromatic heterocycles. The van der Waals surface area contributed by atoms with E-state index in [0.717, 1.165) is 12.1 Å². The lowest BCUT2D eigenvalue weighted by molar-refractivity contribution is 0.102. The van der Waals surface area contributed by atoms with E-state index in [0.29, 0.717) is 11.1 Å². The van der Waals surface area contributed by atoms with Gasteiger partial charge in [-0.15, -0.1) is 0 Å². The molecule has 24 heavy (non-hydrogen) atoms. The van der Waals surface area contributed by atoms with Gasteiger partial charge in [-0.25, -0.2) is 0 Å². The molecule has 0 saturated heterocycles. The highest BCUT2D eigenvalue weighted by molar-refractivity contribution is 6.04. The van der Waals surface area contributed by atoms with E-state index in [1.54, 1.807) is 24.3 Å². The topological polar surface area (TPSA) is 52.9 Å². The van der Waals surface area contributed by atoms with Crippen molar-refractivity contribution in [2.24, 2.45) is 0 Å². The molecular weight excluding hydrogens is 296 g/mol. The van der Waals surface area contributed by atoms with Gasteiger partial charge < -0.3 is 5.32 Å². The summed E-state index contributed by atoms with van der Waals surface area (Å²) in [5.41, 5.74) is 6.94. The van der Waals surface area contributed by atoms with Crippen LogP contribution in [0.2, 0.25) is 0 Å². The molecule has 0 fully saturated rings. The number of carbonyl (C=O) groups is 1. The molecule has 0 radical (unpaired) electrons. The van der Waals surface area contributed by atoms with Crippen LogP contribution in [-0.2, 0) is 6.42 Å². The Labute approximate surface area is 140 Å². The van der Waals surface area contributed by atoms with E-state index in [2.05, 4.69) is 35.6 Å². The summed E-state index contributed by atoms with van der Waals surface area (Å²) in [6.45, 7) is 0. The maximum atomic E-state index is 12.3. The lowest BCUT2D eigenvalue weighted by Gasteiger charge is -2.08. The number of carbonyl (C=O) groups excluding carboxylic acids is 1. The quantitative estimate of drug-likeness (QED) is 0.597. The predicted molar refractivity (Wildman–Crippen MR) is 93.8 cm³/mol. The highest BCUT2D eigenvalue weighted by Crippen LogP contribution is 2.37. The van der Waals surface area contributed by atoms with Gasteiger partial charge in [-0.05, 0) is 65.1 Å².